The van der Waals surface area contributed by atoms with Crippen LogP contribution in [0.5, 0.6) is 0 Å². The number of carboxylic acid groups (broad SMARTS) is 1. The molecule has 2 unspecified atom stereocenters. The highest BCUT2D eigenvalue weighted by atomic mass is 35.5. The summed E-state index contributed by atoms with van der Waals surface area (Å²) < 4.78 is 0. The number of halogens is 1. The molecule has 2 rings (SSSR count). The van der Waals surface area contributed by atoms with Crippen molar-refractivity contribution in [2.75, 3.05) is 0 Å². The van der Waals surface area contributed by atoms with Gasteiger partial charge in [-0.25, -0.2) is 4.79 Å². The second kappa shape index (κ2) is 6.48. The van der Waals surface area contributed by atoms with Gasteiger partial charge in [0, 0.05) is 10.9 Å². The van der Waals surface area contributed by atoms with Gasteiger partial charge in [-0.2, -0.15) is 0 Å². The highest BCUT2D eigenvalue weighted by Gasteiger charge is 2.45. The summed E-state index contributed by atoms with van der Waals surface area (Å²) in [5.74, 6) is -1.33. The van der Waals surface area contributed by atoms with Crippen LogP contribution < -0.4 is 5.32 Å². The Hall–Kier alpha value is -1.55. The van der Waals surface area contributed by atoms with Crippen LogP contribution in [0, 0.1) is 11.8 Å². The maximum atomic E-state index is 12.2. The third-order valence-electron chi connectivity index (χ3n) is 4.21. The van der Waals surface area contributed by atoms with E-state index in [1.54, 1.807) is 0 Å². The molecule has 0 bridgehead atoms. The van der Waals surface area contributed by atoms with Gasteiger partial charge >= 0.3 is 5.97 Å². The summed E-state index contributed by atoms with van der Waals surface area (Å²) in [5.41, 5.74) is 0.967. The van der Waals surface area contributed by atoms with Crippen molar-refractivity contribution < 1.29 is 14.7 Å². The molecule has 0 aromatic heterocycles. The predicted molar refractivity (Wildman–Crippen MR) is 81.3 cm³/mol. The second-order valence-corrected chi connectivity index (χ2v) is 6.09. The molecule has 1 fully saturated rings. The Labute approximate surface area is 129 Å². The average molecular weight is 310 g/mol. The lowest BCUT2D eigenvalue weighted by atomic mass is 9.99. The van der Waals surface area contributed by atoms with E-state index in [9.17, 15) is 14.7 Å². The molecule has 1 saturated carbocycles. The van der Waals surface area contributed by atoms with Crippen LogP contribution in [0.15, 0.2) is 24.3 Å². The van der Waals surface area contributed by atoms with Gasteiger partial charge in [0.1, 0.15) is 6.04 Å². The molecule has 0 aliphatic heterocycles. The minimum atomic E-state index is -0.979. The van der Waals surface area contributed by atoms with Crippen LogP contribution >= 0.6 is 11.6 Å². The summed E-state index contributed by atoms with van der Waals surface area (Å²) >= 11 is 6.13. The first-order valence-electron chi connectivity index (χ1n) is 7.23. The summed E-state index contributed by atoms with van der Waals surface area (Å²) in [6.45, 7) is 3.74. The molecular formula is C16H20ClNO3. The van der Waals surface area contributed by atoms with Crippen molar-refractivity contribution >= 4 is 23.5 Å². The number of hydrogen-bond donors (Lipinski definition) is 2. The highest BCUT2D eigenvalue weighted by molar-refractivity contribution is 6.31. The Bertz CT molecular complexity index is 546. The van der Waals surface area contributed by atoms with Crippen molar-refractivity contribution in [1.82, 2.24) is 5.32 Å². The molecule has 1 aliphatic carbocycles. The highest BCUT2D eigenvalue weighted by Crippen LogP contribution is 2.49. The van der Waals surface area contributed by atoms with Gasteiger partial charge in [-0.3, -0.25) is 4.79 Å². The lowest BCUT2D eigenvalue weighted by Gasteiger charge is -2.20. The monoisotopic (exact) mass is 309 g/mol. The maximum absolute atomic E-state index is 12.2. The van der Waals surface area contributed by atoms with Crippen LogP contribution in [0.25, 0.3) is 0 Å². The molecule has 21 heavy (non-hydrogen) atoms. The molecule has 4 nitrogen and oxygen atoms in total. The minimum absolute atomic E-state index is 0.0936. The van der Waals surface area contributed by atoms with Gasteiger partial charge < -0.3 is 10.4 Å². The van der Waals surface area contributed by atoms with E-state index in [0.717, 1.165) is 12.0 Å². The van der Waals surface area contributed by atoms with Crippen molar-refractivity contribution in [3.8, 4) is 0 Å². The van der Waals surface area contributed by atoms with Crippen LogP contribution in [0.3, 0.4) is 0 Å². The normalized spacial score (nSPS) is 23.2. The topological polar surface area (TPSA) is 66.4 Å². The Balaban J connectivity index is 2.00. The predicted octanol–water partition coefficient (Wildman–Crippen LogP) is 3.06. The first-order chi connectivity index (χ1) is 9.95. The molecule has 0 saturated heterocycles. The van der Waals surface area contributed by atoms with Gasteiger partial charge in [-0.15, -0.1) is 0 Å². The molecule has 1 aromatic carbocycles. The smallest absolute Gasteiger partial charge is 0.326 e. The zero-order valence-corrected chi connectivity index (χ0v) is 12.9. The van der Waals surface area contributed by atoms with Gasteiger partial charge in [0.15, 0.2) is 0 Å². The number of carbonyl (C=O) groups excluding carboxylic acids is 1. The molecule has 4 atom stereocenters. The molecule has 1 amide bonds. The SMILES string of the molecule is CC[C@H](C)[C@H](NC(=O)C1CC1c1ccccc1Cl)C(=O)O. The fraction of sp³-hybridized carbons (Fsp3) is 0.500. The Kier molecular flexibility index (Phi) is 4.88. The molecule has 0 heterocycles. The fourth-order valence-corrected chi connectivity index (χ4v) is 2.82. The molecule has 5 heteroatoms. The van der Waals surface area contributed by atoms with Crippen molar-refractivity contribution in [3.05, 3.63) is 34.9 Å². The van der Waals surface area contributed by atoms with E-state index in [2.05, 4.69) is 5.32 Å². The van der Waals surface area contributed by atoms with E-state index in [4.69, 9.17) is 11.6 Å². The summed E-state index contributed by atoms with van der Waals surface area (Å²) in [4.78, 5) is 23.5. The first kappa shape index (κ1) is 15.8. The third kappa shape index (κ3) is 3.56. The molecule has 0 radical (unpaired) electrons. The lowest BCUT2D eigenvalue weighted by molar-refractivity contribution is -0.143. The van der Waals surface area contributed by atoms with Crippen molar-refractivity contribution in [3.63, 3.8) is 0 Å². The van der Waals surface area contributed by atoms with Gasteiger partial charge in [-0.1, -0.05) is 50.1 Å². The van der Waals surface area contributed by atoms with Gasteiger partial charge in [0.25, 0.3) is 0 Å². The van der Waals surface area contributed by atoms with Crippen LogP contribution in [0.4, 0.5) is 0 Å². The van der Waals surface area contributed by atoms with Gasteiger partial charge in [-0.05, 0) is 29.9 Å². The fourth-order valence-electron chi connectivity index (χ4n) is 2.55. The first-order valence-corrected chi connectivity index (χ1v) is 7.61. The average Bonchev–Trinajstić information content (AvgIpc) is 3.24. The molecule has 0 spiro atoms. The number of carboxylic acids is 1. The van der Waals surface area contributed by atoms with Gasteiger partial charge in [0.2, 0.25) is 5.91 Å². The number of aliphatic carboxylic acids is 1. The third-order valence-corrected chi connectivity index (χ3v) is 4.55. The van der Waals surface area contributed by atoms with Crippen LogP contribution in [0.1, 0.15) is 38.2 Å². The van der Waals surface area contributed by atoms with Crippen molar-refractivity contribution in [1.29, 1.82) is 0 Å². The Morgan fingerprint density at radius 2 is 2.10 bits per heavy atom. The molecule has 2 N–H and O–H groups in total. The van der Waals surface area contributed by atoms with E-state index in [-0.39, 0.29) is 23.7 Å². The second-order valence-electron chi connectivity index (χ2n) is 5.68. The number of hydrogen-bond acceptors (Lipinski definition) is 2. The van der Waals surface area contributed by atoms with E-state index in [1.165, 1.54) is 0 Å². The molecule has 114 valence electrons. The summed E-state index contributed by atoms with van der Waals surface area (Å²) in [6, 6.07) is 6.66. The maximum Gasteiger partial charge on any atom is 0.326 e. The lowest BCUT2D eigenvalue weighted by Crippen LogP contribution is -2.45. The van der Waals surface area contributed by atoms with E-state index >= 15 is 0 Å². The van der Waals surface area contributed by atoms with Crippen molar-refractivity contribution in [2.24, 2.45) is 11.8 Å². The standard InChI is InChI=1S/C16H20ClNO3/c1-3-9(2)14(16(20)21)18-15(19)12-8-11(12)10-6-4-5-7-13(10)17/h4-7,9,11-12,14H,3,8H2,1-2H3,(H,18,19)(H,20,21)/t9-,11?,12?,14-/m0/s1. The van der Waals surface area contributed by atoms with Crippen LogP contribution in [-0.4, -0.2) is 23.0 Å². The zero-order chi connectivity index (χ0) is 15.6. The molecule has 1 aromatic rings. The van der Waals surface area contributed by atoms with E-state index < -0.39 is 12.0 Å². The van der Waals surface area contributed by atoms with E-state index in [0.29, 0.717) is 11.4 Å². The van der Waals surface area contributed by atoms with Crippen LogP contribution in [0.2, 0.25) is 5.02 Å². The Morgan fingerprint density at radius 3 is 2.67 bits per heavy atom. The summed E-state index contributed by atoms with van der Waals surface area (Å²) in [7, 11) is 0. The quantitative estimate of drug-likeness (QED) is 0.848. The summed E-state index contributed by atoms with van der Waals surface area (Å²) in [6.07, 6.45) is 1.43. The molecular weight excluding hydrogens is 290 g/mol. The number of amides is 1. The van der Waals surface area contributed by atoms with Crippen LogP contribution in [-0.2, 0) is 9.59 Å². The zero-order valence-electron chi connectivity index (χ0n) is 12.2. The Morgan fingerprint density at radius 1 is 1.43 bits per heavy atom. The van der Waals surface area contributed by atoms with Gasteiger partial charge in [0.05, 0.1) is 0 Å². The minimum Gasteiger partial charge on any atom is -0.480 e. The van der Waals surface area contributed by atoms with Crippen molar-refractivity contribution in [2.45, 2.75) is 38.6 Å². The summed E-state index contributed by atoms with van der Waals surface area (Å²) in [5, 5.41) is 12.5. The number of rotatable bonds is 6. The number of carbonyl (C=O) groups is 2. The number of benzene rings is 1. The number of nitrogens with one attached hydrogen (secondary N) is 1. The van der Waals surface area contributed by atoms with E-state index in [1.807, 2.05) is 38.1 Å². The largest absolute Gasteiger partial charge is 0.480 e. The molecule has 1 aliphatic rings.